The lowest BCUT2D eigenvalue weighted by molar-refractivity contribution is -0.135. The van der Waals surface area contributed by atoms with Crippen LogP contribution in [0.1, 0.15) is 23.2 Å². The number of phenols is 1. The van der Waals surface area contributed by atoms with Gasteiger partial charge in [0.15, 0.2) is 0 Å². The van der Waals surface area contributed by atoms with Gasteiger partial charge in [-0.05, 0) is 48.2 Å². The van der Waals surface area contributed by atoms with E-state index >= 15 is 0 Å². The van der Waals surface area contributed by atoms with E-state index in [2.05, 4.69) is 5.32 Å². The third-order valence-corrected chi connectivity index (χ3v) is 5.54. The smallest absolute Gasteiger partial charge is 0.254 e. The topological polar surface area (TPSA) is 72.9 Å². The number of hydrogen-bond acceptors (Lipinski definition) is 4. The van der Waals surface area contributed by atoms with Crippen LogP contribution in [-0.2, 0) is 4.79 Å². The Hall–Kier alpha value is -2.86. The average molecular weight is 379 g/mol. The van der Waals surface area contributed by atoms with E-state index in [0.29, 0.717) is 25.2 Å². The summed E-state index contributed by atoms with van der Waals surface area (Å²) in [6, 6.07) is 14.0. The zero-order valence-electron chi connectivity index (χ0n) is 15.8. The van der Waals surface area contributed by atoms with Gasteiger partial charge in [0.1, 0.15) is 11.8 Å². The minimum Gasteiger partial charge on any atom is -0.508 e. The first kappa shape index (κ1) is 18.5. The van der Waals surface area contributed by atoms with Crippen molar-refractivity contribution in [1.82, 2.24) is 15.1 Å². The molecule has 0 saturated carbocycles. The number of hydrogen-bond donors (Lipinski definition) is 2. The van der Waals surface area contributed by atoms with Crippen LogP contribution in [-0.4, -0.2) is 65.5 Å². The van der Waals surface area contributed by atoms with Crippen LogP contribution < -0.4 is 5.32 Å². The maximum atomic E-state index is 13.1. The number of piperazine rings is 1. The van der Waals surface area contributed by atoms with Crippen LogP contribution >= 0.6 is 0 Å². The zero-order valence-corrected chi connectivity index (χ0v) is 15.8. The largest absolute Gasteiger partial charge is 0.508 e. The molecule has 6 heteroatoms. The second-order valence-corrected chi connectivity index (χ2v) is 7.38. The van der Waals surface area contributed by atoms with Crippen molar-refractivity contribution in [2.45, 2.75) is 18.9 Å². The Bertz CT molecular complexity index is 842. The molecule has 0 unspecified atom stereocenters. The maximum Gasteiger partial charge on any atom is 0.254 e. The molecule has 0 spiro atoms. The maximum absolute atomic E-state index is 13.1. The monoisotopic (exact) mass is 379 g/mol. The molecule has 0 aromatic heterocycles. The number of nitrogens with zero attached hydrogens (tertiary/aromatic N) is 2. The second kappa shape index (κ2) is 8.02. The van der Waals surface area contributed by atoms with E-state index in [1.54, 1.807) is 17.0 Å². The number of rotatable bonds is 3. The Kier molecular flexibility index (Phi) is 5.30. The highest BCUT2D eigenvalue weighted by atomic mass is 16.3. The first-order valence-corrected chi connectivity index (χ1v) is 9.83. The standard InChI is InChI=1S/C22H25N3O3/c26-19-9-7-17(8-10-19)16-3-5-18(6-4-16)21(27)25-14-11-23-15-20(25)22(28)24-12-1-2-13-24/h3-10,20,23,26H,1-2,11-15H2/t20-/m0/s1. The summed E-state index contributed by atoms with van der Waals surface area (Å²) in [5.74, 6) is 0.179. The first-order chi connectivity index (χ1) is 13.6. The van der Waals surface area contributed by atoms with Gasteiger partial charge in [-0.3, -0.25) is 9.59 Å². The molecule has 2 aromatic rings. The second-order valence-electron chi connectivity index (χ2n) is 7.38. The fourth-order valence-corrected chi connectivity index (χ4v) is 3.94. The van der Waals surface area contributed by atoms with Crippen LogP contribution in [0, 0.1) is 0 Å². The van der Waals surface area contributed by atoms with Crippen LogP contribution in [0.2, 0.25) is 0 Å². The van der Waals surface area contributed by atoms with Gasteiger partial charge in [0.05, 0.1) is 0 Å². The van der Waals surface area contributed by atoms with E-state index in [1.165, 1.54) is 0 Å². The van der Waals surface area contributed by atoms with E-state index in [9.17, 15) is 14.7 Å². The van der Waals surface area contributed by atoms with Crippen molar-refractivity contribution in [3.05, 3.63) is 54.1 Å². The number of amides is 2. The van der Waals surface area contributed by atoms with Gasteiger partial charge in [0.2, 0.25) is 5.91 Å². The van der Waals surface area contributed by atoms with Crippen molar-refractivity contribution in [2.24, 2.45) is 0 Å². The summed E-state index contributed by atoms with van der Waals surface area (Å²) in [6.45, 7) is 3.31. The molecule has 2 aromatic carbocycles. The SMILES string of the molecule is O=C([C@@H]1CNCCN1C(=O)c1ccc(-c2ccc(O)cc2)cc1)N1CCCC1. The Labute approximate surface area is 164 Å². The summed E-state index contributed by atoms with van der Waals surface area (Å²) in [5, 5.41) is 12.7. The van der Waals surface area contributed by atoms with E-state index in [-0.39, 0.29) is 17.6 Å². The Morgan fingerprint density at radius 1 is 0.893 bits per heavy atom. The lowest BCUT2D eigenvalue weighted by Gasteiger charge is -2.37. The van der Waals surface area contributed by atoms with Crippen molar-refractivity contribution in [2.75, 3.05) is 32.7 Å². The van der Waals surface area contributed by atoms with Crippen molar-refractivity contribution in [3.8, 4) is 16.9 Å². The number of aromatic hydroxyl groups is 1. The molecule has 4 rings (SSSR count). The highest BCUT2D eigenvalue weighted by molar-refractivity contribution is 5.98. The minimum atomic E-state index is -0.434. The Morgan fingerprint density at radius 3 is 2.14 bits per heavy atom. The molecule has 2 saturated heterocycles. The molecule has 2 aliphatic heterocycles. The average Bonchev–Trinajstić information content (AvgIpc) is 3.28. The molecule has 2 aliphatic rings. The quantitative estimate of drug-likeness (QED) is 0.857. The summed E-state index contributed by atoms with van der Waals surface area (Å²) < 4.78 is 0. The molecule has 0 radical (unpaired) electrons. The summed E-state index contributed by atoms with van der Waals surface area (Å²) in [6.07, 6.45) is 2.08. The molecule has 28 heavy (non-hydrogen) atoms. The molecule has 2 fully saturated rings. The fraction of sp³-hybridized carbons (Fsp3) is 0.364. The molecule has 2 N–H and O–H groups in total. The third-order valence-electron chi connectivity index (χ3n) is 5.54. The van der Waals surface area contributed by atoms with E-state index < -0.39 is 6.04 Å². The number of carbonyl (C=O) groups excluding carboxylic acids is 2. The predicted molar refractivity (Wildman–Crippen MR) is 107 cm³/mol. The van der Waals surface area contributed by atoms with Gasteiger partial charge in [-0.25, -0.2) is 0 Å². The number of carbonyl (C=O) groups is 2. The molecule has 2 amide bonds. The molecular weight excluding hydrogens is 354 g/mol. The van der Waals surface area contributed by atoms with Crippen LogP contribution in [0.25, 0.3) is 11.1 Å². The molecular formula is C22H25N3O3. The third kappa shape index (κ3) is 3.73. The molecule has 6 nitrogen and oxygen atoms in total. The molecule has 0 bridgehead atoms. The molecule has 146 valence electrons. The molecule has 1 atom stereocenters. The van der Waals surface area contributed by atoms with Gasteiger partial charge in [0, 0.05) is 38.3 Å². The summed E-state index contributed by atoms with van der Waals surface area (Å²) in [5.41, 5.74) is 2.53. The van der Waals surface area contributed by atoms with Crippen LogP contribution in [0.4, 0.5) is 0 Å². The Balaban J connectivity index is 1.51. The van der Waals surface area contributed by atoms with E-state index in [4.69, 9.17) is 0 Å². The first-order valence-electron chi connectivity index (χ1n) is 9.83. The highest BCUT2D eigenvalue weighted by Gasteiger charge is 2.35. The van der Waals surface area contributed by atoms with Crippen molar-refractivity contribution >= 4 is 11.8 Å². The summed E-state index contributed by atoms with van der Waals surface area (Å²) in [7, 11) is 0. The van der Waals surface area contributed by atoms with E-state index in [0.717, 1.165) is 37.1 Å². The van der Waals surface area contributed by atoms with E-state index in [1.807, 2.05) is 41.3 Å². The Morgan fingerprint density at radius 2 is 1.50 bits per heavy atom. The number of phenolic OH excluding ortho intramolecular Hbond substituents is 1. The van der Waals surface area contributed by atoms with Gasteiger partial charge in [-0.2, -0.15) is 0 Å². The van der Waals surface area contributed by atoms with Crippen LogP contribution in [0.5, 0.6) is 5.75 Å². The number of nitrogens with one attached hydrogen (secondary N) is 1. The molecule has 0 aliphatic carbocycles. The highest BCUT2D eigenvalue weighted by Crippen LogP contribution is 2.23. The number of benzene rings is 2. The fourth-order valence-electron chi connectivity index (χ4n) is 3.94. The van der Waals surface area contributed by atoms with Crippen molar-refractivity contribution in [3.63, 3.8) is 0 Å². The lowest BCUT2D eigenvalue weighted by atomic mass is 10.0. The molecule has 2 heterocycles. The summed E-state index contributed by atoms with van der Waals surface area (Å²) >= 11 is 0. The zero-order chi connectivity index (χ0) is 19.5. The van der Waals surface area contributed by atoms with Gasteiger partial charge in [0.25, 0.3) is 5.91 Å². The van der Waals surface area contributed by atoms with Crippen LogP contribution in [0.15, 0.2) is 48.5 Å². The predicted octanol–water partition coefficient (Wildman–Crippen LogP) is 2.10. The lowest BCUT2D eigenvalue weighted by Crippen LogP contribution is -2.59. The normalized spacial score (nSPS) is 19.6. The number of likely N-dealkylation sites (tertiary alicyclic amines) is 1. The van der Waals surface area contributed by atoms with Crippen LogP contribution in [0.3, 0.4) is 0 Å². The minimum absolute atomic E-state index is 0.0544. The van der Waals surface area contributed by atoms with Gasteiger partial charge >= 0.3 is 0 Å². The van der Waals surface area contributed by atoms with Gasteiger partial charge in [-0.1, -0.05) is 24.3 Å². The van der Waals surface area contributed by atoms with Gasteiger partial charge < -0.3 is 20.2 Å². The van der Waals surface area contributed by atoms with Crippen molar-refractivity contribution in [1.29, 1.82) is 0 Å². The summed E-state index contributed by atoms with van der Waals surface area (Å²) in [4.78, 5) is 29.6. The van der Waals surface area contributed by atoms with Crippen molar-refractivity contribution < 1.29 is 14.7 Å². The van der Waals surface area contributed by atoms with Gasteiger partial charge in [-0.15, -0.1) is 0 Å².